The normalized spacial score (nSPS) is 11.5. The number of hydrogen-bond donors (Lipinski definition) is 1. The number of ether oxygens (including phenoxy) is 1. The van der Waals surface area contributed by atoms with Gasteiger partial charge < -0.3 is 9.84 Å². The molecule has 1 unspecified atom stereocenters. The van der Waals surface area contributed by atoms with Crippen LogP contribution in [0, 0.1) is 0 Å². The Hall–Kier alpha value is -2.72. The molecule has 0 bridgehead atoms. The lowest BCUT2D eigenvalue weighted by Crippen LogP contribution is -2.22. The van der Waals surface area contributed by atoms with Crippen LogP contribution in [0.2, 0.25) is 0 Å². The van der Waals surface area contributed by atoms with E-state index in [0.29, 0.717) is 16.7 Å². The lowest BCUT2D eigenvalue weighted by molar-refractivity contribution is -0.147. The van der Waals surface area contributed by atoms with E-state index in [4.69, 9.17) is 0 Å². The molecule has 0 fully saturated rings. The van der Waals surface area contributed by atoms with Crippen molar-refractivity contribution in [2.75, 3.05) is 7.11 Å². The number of aliphatic hydroxyl groups is 1. The minimum Gasteiger partial charge on any atom is -0.467 e. The lowest BCUT2D eigenvalue weighted by Gasteiger charge is -2.12. The maximum absolute atomic E-state index is 12.4. The molecule has 2 aromatic carbocycles. The molecule has 112 valence electrons. The van der Waals surface area contributed by atoms with E-state index in [-0.39, 0.29) is 11.4 Å². The first-order valence-electron chi connectivity index (χ1n) is 6.69. The summed E-state index contributed by atoms with van der Waals surface area (Å²) >= 11 is 0. The van der Waals surface area contributed by atoms with Gasteiger partial charge in [-0.15, -0.1) is 0 Å². The third kappa shape index (κ3) is 3.30. The highest BCUT2D eigenvalue weighted by atomic mass is 16.5. The number of hydrogen-bond acceptors (Lipinski definition) is 4. The first-order valence-corrected chi connectivity index (χ1v) is 6.69. The Kier molecular flexibility index (Phi) is 4.86. The molecule has 2 aromatic rings. The third-order valence-corrected chi connectivity index (χ3v) is 3.29. The van der Waals surface area contributed by atoms with Gasteiger partial charge in [0.1, 0.15) is 0 Å². The van der Waals surface area contributed by atoms with Crippen LogP contribution in [0.5, 0.6) is 0 Å². The maximum Gasteiger partial charge on any atom is 0.339 e. The summed E-state index contributed by atoms with van der Waals surface area (Å²) < 4.78 is 4.48. The van der Waals surface area contributed by atoms with E-state index in [9.17, 15) is 14.7 Å². The highest BCUT2D eigenvalue weighted by Gasteiger charge is 2.21. The molecule has 0 aliphatic carbocycles. The van der Waals surface area contributed by atoms with Crippen molar-refractivity contribution in [2.24, 2.45) is 0 Å². The van der Waals surface area contributed by atoms with Gasteiger partial charge in [0, 0.05) is 11.1 Å². The number of aliphatic hydroxyl groups excluding tert-OH is 1. The zero-order chi connectivity index (χ0) is 16.1. The molecule has 0 radical (unpaired) electrons. The summed E-state index contributed by atoms with van der Waals surface area (Å²) in [6.07, 6.45) is -1.45. The van der Waals surface area contributed by atoms with E-state index in [1.54, 1.807) is 48.5 Å². The van der Waals surface area contributed by atoms with Crippen LogP contribution in [0.1, 0.15) is 21.5 Å². The SMILES string of the molecule is C=C(c1cccc(C(=O)c2ccccc2)c1)C(O)C(=O)OC. The highest BCUT2D eigenvalue weighted by Crippen LogP contribution is 2.20. The van der Waals surface area contributed by atoms with Crippen LogP contribution in [0.4, 0.5) is 0 Å². The highest BCUT2D eigenvalue weighted by molar-refractivity contribution is 6.09. The summed E-state index contributed by atoms with van der Waals surface area (Å²) in [6.45, 7) is 3.70. The Morgan fingerprint density at radius 3 is 2.23 bits per heavy atom. The second-order valence-corrected chi connectivity index (χ2v) is 4.73. The van der Waals surface area contributed by atoms with Crippen LogP contribution < -0.4 is 0 Å². The molecule has 4 nitrogen and oxygen atoms in total. The molecule has 0 aliphatic heterocycles. The Bertz CT molecular complexity index is 704. The fourth-order valence-electron chi connectivity index (χ4n) is 2.03. The van der Waals surface area contributed by atoms with Gasteiger partial charge in [-0.25, -0.2) is 4.79 Å². The van der Waals surface area contributed by atoms with Gasteiger partial charge in [0.2, 0.25) is 0 Å². The Morgan fingerprint density at radius 2 is 1.59 bits per heavy atom. The molecule has 0 amide bonds. The van der Waals surface area contributed by atoms with Crippen LogP contribution in [0.3, 0.4) is 0 Å². The van der Waals surface area contributed by atoms with Gasteiger partial charge in [-0.2, -0.15) is 0 Å². The van der Waals surface area contributed by atoms with Gasteiger partial charge in [0.05, 0.1) is 7.11 Å². The number of esters is 1. The number of carbonyl (C=O) groups excluding carboxylic acids is 2. The van der Waals surface area contributed by atoms with E-state index >= 15 is 0 Å². The van der Waals surface area contributed by atoms with Crippen molar-refractivity contribution in [2.45, 2.75) is 6.10 Å². The molecule has 0 aromatic heterocycles. The van der Waals surface area contributed by atoms with Gasteiger partial charge in [-0.1, -0.05) is 55.1 Å². The van der Waals surface area contributed by atoms with Gasteiger partial charge in [0.25, 0.3) is 0 Å². The quantitative estimate of drug-likeness (QED) is 0.680. The zero-order valence-corrected chi connectivity index (χ0v) is 12.2. The molecule has 0 aliphatic rings. The standard InChI is InChI=1S/C18H16O4/c1-12(16(19)18(21)22-2)14-9-6-10-15(11-14)17(20)13-7-4-3-5-8-13/h3-11,16,19H,1H2,2H3. The number of methoxy groups -OCH3 is 1. The minimum absolute atomic E-state index is 0.136. The summed E-state index contributed by atoms with van der Waals surface area (Å²) in [5, 5.41) is 9.83. The number of ketones is 1. The summed E-state index contributed by atoms with van der Waals surface area (Å²) in [5.41, 5.74) is 1.73. The molecule has 0 heterocycles. The van der Waals surface area contributed by atoms with Crippen molar-refractivity contribution in [3.63, 3.8) is 0 Å². The Morgan fingerprint density at radius 1 is 1.00 bits per heavy atom. The summed E-state index contributed by atoms with van der Waals surface area (Å²) in [6, 6.07) is 15.5. The minimum atomic E-state index is -1.45. The van der Waals surface area contributed by atoms with Crippen molar-refractivity contribution in [1.29, 1.82) is 0 Å². The van der Waals surface area contributed by atoms with E-state index < -0.39 is 12.1 Å². The fraction of sp³-hybridized carbons (Fsp3) is 0.111. The number of carbonyl (C=O) groups is 2. The van der Waals surface area contributed by atoms with Crippen LogP contribution in [-0.4, -0.2) is 30.1 Å². The van der Waals surface area contributed by atoms with Crippen LogP contribution >= 0.6 is 0 Å². The second-order valence-electron chi connectivity index (χ2n) is 4.73. The third-order valence-electron chi connectivity index (χ3n) is 3.29. The summed E-state index contributed by atoms with van der Waals surface area (Å²) in [5.74, 6) is -0.924. The number of benzene rings is 2. The number of rotatable bonds is 5. The van der Waals surface area contributed by atoms with Crippen LogP contribution in [-0.2, 0) is 9.53 Å². The van der Waals surface area contributed by atoms with Crippen molar-refractivity contribution in [1.82, 2.24) is 0 Å². The average molecular weight is 296 g/mol. The second kappa shape index (κ2) is 6.83. The topological polar surface area (TPSA) is 63.6 Å². The molecule has 1 N–H and O–H groups in total. The Labute approximate surface area is 128 Å². The molecule has 1 atom stereocenters. The largest absolute Gasteiger partial charge is 0.467 e. The van der Waals surface area contributed by atoms with E-state index in [1.165, 1.54) is 7.11 Å². The predicted molar refractivity (Wildman–Crippen MR) is 83.4 cm³/mol. The zero-order valence-electron chi connectivity index (χ0n) is 12.2. The van der Waals surface area contributed by atoms with Crippen LogP contribution in [0.15, 0.2) is 61.2 Å². The molecular formula is C18H16O4. The fourth-order valence-corrected chi connectivity index (χ4v) is 2.03. The van der Waals surface area contributed by atoms with Crippen molar-refractivity contribution < 1.29 is 19.4 Å². The molecule has 22 heavy (non-hydrogen) atoms. The molecule has 2 rings (SSSR count). The maximum atomic E-state index is 12.4. The Balaban J connectivity index is 2.29. The first-order chi connectivity index (χ1) is 10.5. The molecule has 0 spiro atoms. The lowest BCUT2D eigenvalue weighted by atomic mass is 9.96. The van der Waals surface area contributed by atoms with Gasteiger partial charge in [-0.3, -0.25) is 4.79 Å². The van der Waals surface area contributed by atoms with E-state index in [0.717, 1.165) is 0 Å². The van der Waals surface area contributed by atoms with E-state index in [1.807, 2.05) is 6.07 Å². The van der Waals surface area contributed by atoms with Crippen molar-refractivity contribution in [3.05, 3.63) is 77.9 Å². The van der Waals surface area contributed by atoms with Crippen molar-refractivity contribution >= 4 is 17.3 Å². The molecule has 4 heteroatoms. The summed E-state index contributed by atoms with van der Waals surface area (Å²) in [7, 11) is 1.19. The van der Waals surface area contributed by atoms with Gasteiger partial charge >= 0.3 is 5.97 Å². The molecule has 0 saturated carbocycles. The smallest absolute Gasteiger partial charge is 0.339 e. The molecule has 0 saturated heterocycles. The molecular weight excluding hydrogens is 280 g/mol. The van der Waals surface area contributed by atoms with Gasteiger partial charge in [-0.05, 0) is 17.2 Å². The van der Waals surface area contributed by atoms with Gasteiger partial charge in [0.15, 0.2) is 11.9 Å². The average Bonchev–Trinajstić information content (AvgIpc) is 2.59. The summed E-state index contributed by atoms with van der Waals surface area (Å²) in [4.78, 5) is 23.8. The first kappa shape index (κ1) is 15.7. The predicted octanol–water partition coefficient (Wildman–Crippen LogP) is 2.46. The monoisotopic (exact) mass is 296 g/mol. The van der Waals surface area contributed by atoms with Crippen LogP contribution in [0.25, 0.3) is 5.57 Å². The van der Waals surface area contributed by atoms with E-state index in [2.05, 4.69) is 11.3 Å². The van der Waals surface area contributed by atoms with Crippen molar-refractivity contribution in [3.8, 4) is 0 Å².